The van der Waals surface area contributed by atoms with Gasteiger partial charge in [0.25, 0.3) is 0 Å². The zero-order valence-corrected chi connectivity index (χ0v) is 16.9. The van der Waals surface area contributed by atoms with Crippen molar-refractivity contribution in [2.75, 3.05) is 20.3 Å². The Labute approximate surface area is 167 Å². The maximum absolute atomic E-state index is 13.1. The molecule has 0 fully saturated rings. The Kier molecular flexibility index (Phi) is 7.06. The highest BCUT2D eigenvalue weighted by Gasteiger charge is 2.38. The molecule has 1 heterocycles. The SMILES string of the molecule is CCOC(=O)C1=C(C)N([C@H](C)COC)C(=S)N[C@@H]1c1cccc(C(F)(F)F)c1. The zero-order valence-electron chi connectivity index (χ0n) is 16.1. The summed E-state index contributed by atoms with van der Waals surface area (Å²) in [6, 6.07) is 3.80. The summed E-state index contributed by atoms with van der Waals surface area (Å²) in [4.78, 5) is 14.4. The van der Waals surface area contributed by atoms with Crippen molar-refractivity contribution in [3.8, 4) is 0 Å². The molecule has 0 amide bonds. The summed E-state index contributed by atoms with van der Waals surface area (Å²) in [5.41, 5.74) is 0.222. The molecule has 5 nitrogen and oxygen atoms in total. The van der Waals surface area contributed by atoms with E-state index in [1.165, 1.54) is 12.1 Å². The first kappa shape index (κ1) is 22.2. The molecular formula is C19H23F3N2O3S. The van der Waals surface area contributed by atoms with Crippen LogP contribution in [0.2, 0.25) is 0 Å². The second kappa shape index (κ2) is 8.91. The van der Waals surface area contributed by atoms with Gasteiger partial charge in [-0.05, 0) is 50.7 Å². The number of alkyl halides is 3. The second-order valence-corrected chi connectivity index (χ2v) is 6.79. The van der Waals surface area contributed by atoms with Crippen LogP contribution in [-0.4, -0.2) is 42.3 Å². The highest BCUT2D eigenvalue weighted by atomic mass is 32.1. The lowest BCUT2D eigenvalue weighted by atomic mass is 9.93. The number of nitrogens with zero attached hydrogens (tertiary/aromatic N) is 1. The number of rotatable bonds is 6. The van der Waals surface area contributed by atoms with Crippen LogP contribution < -0.4 is 5.32 Å². The van der Waals surface area contributed by atoms with E-state index in [4.69, 9.17) is 21.7 Å². The van der Waals surface area contributed by atoms with Gasteiger partial charge in [-0.3, -0.25) is 0 Å². The average Bonchev–Trinajstić information content (AvgIpc) is 2.61. The van der Waals surface area contributed by atoms with E-state index in [1.807, 2.05) is 6.92 Å². The summed E-state index contributed by atoms with van der Waals surface area (Å²) in [6.07, 6.45) is -4.49. The number of carbonyl (C=O) groups excluding carboxylic acids is 1. The number of esters is 1. The molecule has 0 unspecified atom stereocenters. The number of hydrogen-bond acceptors (Lipinski definition) is 4. The number of ether oxygens (including phenoxy) is 2. The summed E-state index contributed by atoms with van der Waals surface area (Å²) in [7, 11) is 1.55. The van der Waals surface area contributed by atoms with E-state index in [0.717, 1.165) is 12.1 Å². The Morgan fingerprint density at radius 2 is 2.07 bits per heavy atom. The minimum Gasteiger partial charge on any atom is -0.463 e. The molecule has 154 valence electrons. The molecule has 1 aromatic carbocycles. The van der Waals surface area contributed by atoms with Crippen LogP contribution in [0.25, 0.3) is 0 Å². The van der Waals surface area contributed by atoms with E-state index in [0.29, 0.717) is 17.4 Å². The second-order valence-electron chi connectivity index (χ2n) is 6.40. The number of thiocarbonyl (C=S) groups is 1. The fourth-order valence-electron chi connectivity index (χ4n) is 3.22. The number of halogens is 3. The Morgan fingerprint density at radius 3 is 2.64 bits per heavy atom. The smallest absolute Gasteiger partial charge is 0.416 e. The Hall–Kier alpha value is -2.13. The molecule has 0 aliphatic carbocycles. The molecule has 1 aliphatic heterocycles. The molecule has 0 radical (unpaired) electrons. The quantitative estimate of drug-likeness (QED) is 0.562. The van der Waals surface area contributed by atoms with Gasteiger partial charge in [0.05, 0.1) is 36.4 Å². The van der Waals surface area contributed by atoms with Gasteiger partial charge in [-0.1, -0.05) is 12.1 Å². The standard InChI is InChI=1S/C19H23F3N2O3S/c1-5-27-17(25)15-12(3)24(11(2)10-26-4)18(28)23-16(15)13-7-6-8-14(9-13)19(20,21)22/h6-9,11,16H,5,10H2,1-4H3,(H,23,28)/t11-,16-/m1/s1. The molecule has 2 atom stereocenters. The van der Waals surface area contributed by atoms with Crippen molar-refractivity contribution in [2.45, 2.75) is 39.0 Å². The van der Waals surface area contributed by atoms with E-state index >= 15 is 0 Å². The topological polar surface area (TPSA) is 50.8 Å². The molecular weight excluding hydrogens is 393 g/mol. The van der Waals surface area contributed by atoms with Crippen LogP contribution in [0.5, 0.6) is 0 Å². The summed E-state index contributed by atoms with van der Waals surface area (Å²) in [5, 5.41) is 3.30. The number of hydrogen-bond donors (Lipinski definition) is 1. The summed E-state index contributed by atoms with van der Waals surface area (Å²) >= 11 is 5.43. The first-order valence-corrected chi connectivity index (χ1v) is 9.16. The number of benzene rings is 1. The molecule has 0 saturated heterocycles. The van der Waals surface area contributed by atoms with Crippen molar-refractivity contribution in [3.63, 3.8) is 0 Å². The molecule has 0 bridgehead atoms. The lowest BCUT2D eigenvalue weighted by Gasteiger charge is -2.40. The molecule has 0 saturated carbocycles. The molecule has 9 heteroatoms. The van der Waals surface area contributed by atoms with E-state index in [1.54, 1.807) is 25.9 Å². The van der Waals surface area contributed by atoms with Crippen LogP contribution in [0.1, 0.15) is 37.9 Å². The van der Waals surface area contributed by atoms with E-state index in [-0.39, 0.29) is 23.8 Å². The zero-order chi connectivity index (χ0) is 21.1. The fraction of sp³-hybridized carbons (Fsp3) is 0.474. The van der Waals surface area contributed by atoms with Gasteiger partial charge in [-0.2, -0.15) is 13.2 Å². The number of methoxy groups -OCH3 is 1. The van der Waals surface area contributed by atoms with Crippen LogP contribution in [-0.2, 0) is 20.4 Å². The van der Waals surface area contributed by atoms with E-state index in [9.17, 15) is 18.0 Å². The number of carbonyl (C=O) groups is 1. The average molecular weight is 416 g/mol. The van der Waals surface area contributed by atoms with Gasteiger partial charge < -0.3 is 19.7 Å². The van der Waals surface area contributed by atoms with Gasteiger partial charge in [0.2, 0.25) is 0 Å². The molecule has 28 heavy (non-hydrogen) atoms. The van der Waals surface area contributed by atoms with Crippen molar-refractivity contribution in [2.24, 2.45) is 0 Å². The van der Waals surface area contributed by atoms with Crippen molar-refractivity contribution in [3.05, 3.63) is 46.7 Å². The van der Waals surface area contributed by atoms with E-state index < -0.39 is 23.8 Å². The number of allylic oxidation sites excluding steroid dienone is 1. The van der Waals surface area contributed by atoms with Gasteiger partial charge in [0.1, 0.15) is 0 Å². The van der Waals surface area contributed by atoms with E-state index in [2.05, 4.69) is 5.32 Å². The van der Waals surface area contributed by atoms with Gasteiger partial charge in [-0.15, -0.1) is 0 Å². The maximum atomic E-state index is 13.1. The molecule has 0 aromatic heterocycles. The monoisotopic (exact) mass is 416 g/mol. The maximum Gasteiger partial charge on any atom is 0.416 e. The predicted octanol–water partition coefficient (Wildman–Crippen LogP) is 3.81. The normalized spacial score (nSPS) is 18.8. The lowest BCUT2D eigenvalue weighted by molar-refractivity contribution is -0.139. The highest BCUT2D eigenvalue weighted by molar-refractivity contribution is 7.80. The molecule has 1 N–H and O–H groups in total. The summed E-state index contributed by atoms with van der Waals surface area (Å²) in [5.74, 6) is -0.605. The van der Waals surface area contributed by atoms with Crippen LogP contribution in [0, 0.1) is 0 Å². The first-order chi connectivity index (χ1) is 13.1. The van der Waals surface area contributed by atoms with Gasteiger partial charge in [-0.25, -0.2) is 4.79 Å². The van der Waals surface area contributed by atoms with Crippen molar-refractivity contribution in [1.82, 2.24) is 10.2 Å². The van der Waals surface area contributed by atoms with Gasteiger partial charge >= 0.3 is 12.1 Å². The van der Waals surface area contributed by atoms with Crippen molar-refractivity contribution < 1.29 is 27.4 Å². The summed E-state index contributed by atoms with van der Waals surface area (Å²) < 4.78 is 49.8. The first-order valence-electron chi connectivity index (χ1n) is 8.75. The molecule has 1 aliphatic rings. The highest BCUT2D eigenvalue weighted by Crippen LogP contribution is 2.36. The molecule has 2 rings (SSSR count). The minimum absolute atomic E-state index is 0.142. The van der Waals surface area contributed by atoms with Crippen LogP contribution in [0.15, 0.2) is 35.5 Å². The van der Waals surface area contributed by atoms with Crippen LogP contribution >= 0.6 is 12.2 Å². The number of nitrogens with one attached hydrogen (secondary N) is 1. The molecule has 1 aromatic rings. The Bertz CT molecular complexity index is 780. The van der Waals surface area contributed by atoms with Crippen LogP contribution in [0.4, 0.5) is 13.2 Å². The minimum atomic E-state index is -4.49. The fourth-order valence-corrected chi connectivity index (χ4v) is 3.66. The third kappa shape index (κ3) is 4.64. The van der Waals surface area contributed by atoms with Crippen molar-refractivity contribution >= 4 is 23.3 Å². The van der Waals surface area contributed by atoms with Gasteiger partial charge in [0, 0.05) is 12.8 Å². The van der Waals surface area contributed by atoms with Crippen molar-refractivity contribution in [1.29, 1.82) is 0 Å². The largest absolute Gasteiger partial charge is 0.463 e. The molecule has 0 spiro atoms. The lowest BCUT2D eigenvalue weighted by Crippen LogP contribution is -2.52. The third-order valence-corrected chi connectivity index (χ3v) is 4.73. The third-order valence-electron chi connectivity index (χ3n) is 4.42. The van der Waals surface area contributed by atoms with Gasteiger partial charge in [0.15, 0.2) is 5.11 Å². The Morgan fingerprint density at radius 1 is 1.39 bits per heavy atom. The Balaban J connectivity index is 2.57. The van der Waals surface area contributed by atoms with Crippen LogP contribution in [0.3, 0.4) is 0 Å². The predicted molar refractivity (Wildman–Crippen MR) is 102 cm³/mol. The summed E-state index contributed by atoms with van der Waals surface area (Å²) in [6.45, 7) is 5.73.